The Bertz CT molecular complexity index is 754. The van der Waals surface area contributed by atoms with Gasteiger partial charge in [-0.2, -0.15) is 10.2 Å². The molecule has 0 aromatic carbocycles. The standard InChI is InChI=1S/C14H14N6O/c1-10-6-18-20(8-10)14-4-11(2-3-16-14)9-21-12-5-13(15)19-17-7-12/h2-8H,9H2,1H3,(H2,15,19). The molecule has 3 aromatic heterocycles. The highest BCUT2D eigenvalue weighted by Crippen LogP contribution is 2.14. The van der Waals surface area contributed by atoms with Crippen molar-refractivity contribution in [2.45, 2.75) is 13.5 Å². The maximum Gasteiger partial charge on any atom is 0.153 e. The number of hydrogen-bond acceptors (Lipinski definition) is 6. The number of anilines is 1. The van der Waals surface area contributed by atoms with E-state index >= 15 is 0 Å². The summed E-state index contributed by atoms with van der Waals surface area (Å²) in [5, 5.41) is 11.7. The molecule has 7 heteroatoms. The smallest absolute Gasteiger partial charge is 0.153 e. The predicted octanol–water partition coefficient (Wildman–Crippen LogP) is 1.53. The van der Waals surface area contributed by atoms with Crippen molar-refractivity contribution < 1.29 is 4.74 Å². The van der Waals surface area contributed by atoms with E-state index in [9.17, 15) is 0 Å². The van der Waals surface area contributed by atoms with E-state index in [-0.39, 0.29) is 0 Å². The van der Waals surface area contributed by atoms with Crippen molar-refractivity contribution in [2.24, 2.45) is 0 Å². The maximum atomic E-state index is 5.63. The first-order chi connectivity index (χ1) is 10.2. The van der Waals surface area contributed by atoms with Crippen LogP contribution in [0.1, 0.15) is 11.1 Å². The Kier molecular flexibility index (Phi) is 3.46. The fraction of sp³-hybridized carbons (Fsp3) is 0.143. The lowest BCUT2D eigenvalue weighted by atomic mass is 10.3. The number of nitrogens with two attached hydrogens (primary N) is 1. The summed E-state index contributed by atoms with van der Waals surface area (Å²) in [4.78, 5) is 4.29. The van der Waals surface area contributed by atoms with Crippen molar-refractivity contribution in [2.75, 3.05) is 5.73 Å². The number of pyridine rings is 1. The second kappa shape index (κ2) is 5.58. The van der Waals surface area contributed by atoms with E-state index in [1.54, 1.807) is 23.1 Å². The van der Waals surface area contributed by atoms with Crippen LogP contribution in [-0.2, 0) is 6.61 Å². The SMILES string of the molecule is Cc1cnn(-c2cc(COc3cnnc(N)c3)ccn2)c1. The third-order valence-corrected chi connectivity index (χ3v) is 2.81. The van der Waals surface area contributed by atoms with Crippen LogP contribution in [0.15, 0.2) is 43.0 Å². The van der Waals surface area contributed by atoms with Crippen molar-refractivity contribution in [3.8, 4) is 11.6 Å². The van der Waals surface area contributed by atoms with Crippen LogP contribution < -0.4 is 10.5 Å². The summed E-state index contributed by atoms with van der Waals surface area (Å²) in [6.45, 7) is 2.37. The summed E-state index contributed by atoms with van der Waals surface area (Å²) in [6.07, 6.45) is 6.95. The molecule has 0 saturated carbocycles. The molecule has 0 spiro atoms. The van der Waals surface area contributed by atoms with Crippen LogP contribution in [0.4, 0.5) is 5.82 Å². The van der Waals surface area contributed by atoms with Gasteiger partial charge < -0.3 is 10.5 Å². The minimum absolute atomic E-state index is 0.329. The van der Waals surface area contributed by atoms with Crippen molar-refractivity contribution in [3.63, 3.8) is 0 Å². The Balaban J connectivity index is 1.74. The third-order valence-electron chi connectivity index (χ3n) is 2.81. The molecule has 0 unspecified atom stereocenters. The van der Waals surface area contributed by atoms with Crippen LogP contribution >= 0.6 is 0 Å². The highest BCUT2D eigenvalue weighted by atomic mass is 16.5. The van der Waals surface area contributed by atoms with Crippen LogP contribution in [0.2, 0.25) is 0 Å². The zero-order valence-corrected chi connectivity index (χ0v) is 11.5. The monoisotopic (exact) mass is 282 g/mol. The van der Waals surface area contributed by atoms with Crippen LogP contribution in [0.25, 0.3) is 5.82 Å². The average Bonchev–Trinajstić information content (AvgIpc) is 2.92. The van der Waals surface area contributed by atoms with Gasteiger partial charge in [-0.25, -0.2) is 9.67 Å². The minimum Gasteiger partial charge on any atom is -0.487 e. The second-order valence-electron chi connectivity index (χ2n) is 4.59. The van der Waals surface area contributed by atoms with Gasteiger partial charge in [0.15, 0.2) is 5.82 Å². The summed E-state index contributed by atoms with van der Waals surface area (Å²) < 4.78 is 7.36. The largest absolute Gasteiger partial charge is 0.487 e. The average molecular weight is 282 g/mol. The van der Waals surface area contributed by atoms with Gasteiger partial charge in [-0.3, -0.25) is 0 Å². The molecule has 3 heterocycles. The van der Waals surface area contributed by atoms with Gasteiger partial charge in [-0.1, -0.05) is 0 Å². The molecule has 0 aliphatic heterocycles. The maximum absolute atomic E-state index is 5.63. The van der Waals surface area contributed by atoms with E-state index in [1.165, 1.54) is 6.20 Å². The first kappa shape index (κ1) is 13.0. The molecule has 21 heavy (non-hydrogen) atoms. The molecule has 0 radical (unpaired) electrons. The Hall–Kier alpha value is -2.96. The van der Waals surface area contributed by atoms with E-state index < -0.39 is 0 Å². The first-order valence-corrected chi connectivity index (χ1v) is 6.38. The lowest BCUT2D eigenvalue weighted by Crippen LogP contribution is -2.02. The summed E-state index contributed by atoms with van der Waals surface area (Å²) in [6, 6.07) is 5.44. The van der Waals surface area contributed by atoms with Crippen molar-refractivity contribution in [1.29, 1.82) is 0 Å². The number of hydrogen-bond donors (Lipinski definition) is 1. The van der Waals surface area contributed by atoms with Crippen LogP contribution in [0, 0.1) is 6.92 Å². The minimum atomic E-state index is 0.329. The Morgan fingerprint density at radius 3 is 2.95 bits per heavy atom. The Labute approximate surface area is 121 Å². The lowest BCUT2D eigenvalue weighted by Gasteiger charge is -2.07. The van der Waals surface area contributed by atoms with Gasteiger partial charge >= 0.3 is 0 Å². The second-order valence-corrected chi connectivity index (χ2v) is 4.59. The molecule has 0 aliphatic rings. The number of ether oxygens (including phenoxy) is 1. The van der Waals surface area contributed by atoms with Gasteiger partial charge in [-0.15, -0.1) is 5.10 Å². The molecular weight excluding hydrogens is 268 g/mol. The molecule has 0 atom stereocenters. The third kappa shape index (κ3) is 3.14. The molecule has 0 aliphatic carbocycles. The van der Waals surface area contributed by atoms with E-state index in [4.69, 9.17) is 10.5 Å². The molecule has 106 valence electrons. The molecule has 0 amide bonds. The van der Waals surface area contributed by atoms with Gasteiger partial charge in [0.05, 0.1) is 12.4 Å². The molecule has 0 saturated heterocycles. The van der Waals surface area contributed by atoms with Crippen LogP contribution in [-0.4, -0.2) is 25.0 Å². The van der Waals surface area contributed by atoms with E-state index in [0.29, 0.717) is 18.2 Å². The zero-order valence-electron chi connectivity index (χ0n) is 11.5. The summed E-state index contributed by atoms with van der Waals surface area (Å²) >= 11 is 0. The van der Waals surface area contributed by atoms with E-state index in [2.05, 4.69) is 20.3 Å². The summed E-state index contributed by atoms with van der Waals surface area (Å²) in [7, 11) is 0. The van der Waals surface area contributed by atoms with Gasteiger partial charge in [0, 0.05) is 18.5 Å². The molecule has 7 nitrogen and oxygen atoms in total. The first-order valence-electron chi connectivity index (χ1n) is 6.38. The highest BCUT2D eigenvalue weighted by Gasteiger charge is 2.03. The molecule has 0 bridgehead atoms. The molecule has 0 fully saturated rings. The molecule has 3 aromatic rings. The topological polar surface area (TPSA) is 91.7 Å². The Morgan fingerprint density at radius 1 is 1.29 bits per heavy atom. The molecule has 3 rings (SSSR count). The quantitative estimate of drug-likeness (QED) is 0.780. The highest BCUT2D eigenvalue weighted by molar-refractivity contribution is 5.33. The fourth-order valence-electron chi connectivity index (χ4n) is 1.82. The normalized spacial score (nSPS) is 10.5. The van der Waals surface area contributed by atoms with Crippen molar-refractivity contribution in [3.05, 3.63) is 54.1 Å². The van der Waals surface area contributed by atoms with Gasteiger partial charge in [-0.05, 0) is 30.2 Å². The van der Waals surface area contributed by atoms with E-state index in [1.807, 2.05) is 25.3 Å². The zero-order chi connectivity index (χ0) is 14.7. The van der Waals surface area contributed by atoms with E-state index in [0.717, 1.165) is 16.9 Å². The number of rotatable bonds is 4. The van der Waals surface area contributed by atoms with Gasteiger partial charge in [0.1, 0.15) is 18.2 Å². The molecule has 2 N–H and O–H groups in total. The van der Waals surface area contributed by atoms with Crippen LogP contribution in [0.3, 0.4) is 0 Å². The van der Waals surface area contributed by atoms with Crippen LogP contribution in [0.5, 0.6) is 5.75 Å². The van der Waals surface area contributed by atoms with Gasteiger partial charge in [0.2, 0.25) is 0 Å². The molecular formula is C14H14N6O. The summed E-state index contributed by atoms with van der Waals surface area (Å²) in [5.74, 6) is 1.65. The number of aromatic nitrogens is 5. The number of nitrogen functional groups attached to an aromatic ring is 1. The number of aryl methyl sites for hydroxylation is 1. The van der Waals surface area contributed by atoms with Crippen molar-refractivity contribution in [1.82, 2.24) is 25.0 Å². The van der Waals surface area contributed by atoms with Gasteiger partial charge in [0.25, 0.3) is 0 Å². The fourth-order valence-corrected chi connectivity index (χ4v) is 1.82. The Morgan fingerprint density at radius 2 is 2.19 bits per heavy atom. The predicted molar refractivity (Wildman–Crippen MR) is 76.9 cm³/mol. The van der Waals surface area contributed by atoms with Crippen molar-refractivity contribution >= 4 is 5.82 Å². The lowest BCUT2D eigenvalue weighted by molar-refractivity contribution is 0.304. The summed E-state index contributed by atoms with van der Waals surface area (Å²) in [5.41, 5.74) is 7.61. The number of nitrogens with zero attached hydrogens (tertiary/aromatic N) is 5.